The number of hydrogen-bond acceptors (Lipinski definition) is 3. The molecule has 0 spiro atoms. The highest BCUT2D eigenvalue weighted by Crippen LogP contribution is 2.31. The molecule has 92 valence electrons. The highest BCUT2D eigenvalue weighted by atomic mass is 35.5. The van der Waals surface area contributed by atoms with Crippen LogP contribution >= 0.6 is 11.6 Å². The van der Waals surface area contributed by atoms with Gasteiger partial charge in [-0.25, -0.2) is 4.99 Å². The van der Waals surface area contributed by atoms with Gasteiger partial charge in [0, 0.05) is 11.5 Å². The minimum atomic E-state index is -0.416. The lowest BCUT2D eigenvalue weighted by Crippen LogP contribution is -2.12. The Morgan fingerprint density at radius 2 is 1.94 bits per heavy atom. The molecule has 0 aliphatic heterocycles. The molecule has 0 saturated heterocycles. The van der Waals surface area contributed by atoms with Crippen LogP contribution in [-0.4, -0.2) is 16.6 Å². The normalized spacial score (nSPS) is 11.7. The molecule has 0 aliphatic carbocycles. The van der Waals surface area contributed by atoms with E-state index >= 15 is 0 Å². The number of nitrogens with two attached hydrogens (primary N) is 1. The number of nitrogens with zero attached hydrogens (tertiary/aromatic N) is 2. The molecule has 0 aliphatic rings. The molecule has 0 radical (unpaired) electrons. The largest absolute Gasteiger partial charge is 0.386 e. The highest BCUT2D eigenvalue weighted by molar-refractivity contribution is 6.28. The summed E-state index contributed by atoms with van der Waals surface area (Å²) in [6.07, 6.45) is 0. The van der Waals surface area contributed by atoms with Crippen molar-refractivity contribution < 1.29 is 4.92 Å². The lowest BCUT2D eigenvalue weighted by molar-refractivity contribution is -0.383. The Hall–Kier alpha value is -2.14. The van der Waals surface area contributed by atoms with Crippen LogP contribution in [0.2, 0.25) is 0 Å². The second-order valence-electron chi connectivity index (χ2n) is 3.64. The van der Waals surface area contributed by atoms with Crippen LogP contribution in [0, 0.1) is 10.1 Å². The maximum absolute atomic E-state index is 10.9. The fourth-order valence-corrected chi connectivity index (χ4v) is 1.78. The molecule has 0 atom stereocenters. The van der Waals surface area contributed by atoms with Crippen LogP contribution in [0.25, 0.3) is 10.8 Å². The van der Waals surface area contributed by atoms with Crippen molar-refractivity contribution >= 4 is 39.6 Å². The molecule has 5 nitrogen and oxygen atoms in total. The van der Waals surface area contributed by atoms with E-state index in [1.54, 1.807) is 30.3 Å². The van der Waals surface area contributed by atoms with Gasteiger partial charge in [-0.2, -0.15) is 0 Å². The van der Waals surface area contributed by atoms with Gasteiger partial charge in [0.05, 0.1) is 21.9 Å². The van der Waals surface area contributed by atoms with E-state index in [0.717, 1.165) is 0 Å². The van der Waals surface area contributed by atoms with Crippen molar-refractivity contribution in [1.29, 1.82) is 0 Å². The lowest BCUT2D eigenvalue weighted by atomic mass is 10.1. The molecular weight excluding hydrogens is 254 g/mol. The van der Waals surface area contributed by atoms with Crippen molar-refractivity contribution in [3.05, 3.63) is 46.5 Å². The fourth-order valence-electron chi connectivity index (χ4n) is 1.72. The summed E-state index contributed by atoms with van der Waals surface area (Å²) in [5, 5.41) is 12.1. The van der Waals surface area contributed by atoms with E-state index < -0.39 is 4.92 Å². The topological polar surface area (TPSA) is 81.5 Å². The van der Waals surface area contributed by atoms with Gasteiger partial charge in [0.1, 0.15) is 5.84 Å². The first kappa shape index (κ1) is 12.3. The number of nitro benzene ring substituents is 1. The van der Waals surface area contributed by atoms with E-state index in [4.69, 9.17) is 17.3 Å². The van der Waals surface area contributed by atoms with Gasteiger partial charge in [-0.1, -0.05) is 18.2 Å². The minimum absolute atomic E-state index is 0.0500. The van der Waals surface area contributed by atoms with Crippen LogP contribution in [-0.2, 0) is 0 Å². The van der Waals surface area contributed by atoms with Crippen LogP contribution in [0.15, 0.2) is 41.4 Å². The lowest BCUT2D eigenvalue weighted by Gasteiger charge is -2.03. The number of alkyl halides is 1. The van der Waals surface area contributed by atoms with Crippen LogP contribution in [0.4, 0.5) is 11.4 Å². The maximum atomic E-state index is 10.9. The summed E-state index contributed by atoms with van der Waals surface area (Å²) in [5.41, 5.74) is 6.21. The van der Waals surface area contributed by atoms with E-state index in [1.807, 2.05) is 0 Å². The van der Waals surface area contributed by atoms with Gasteiger partial charge in [0.25, 0.3) is 5.69 Å². The van der Waals surface area contributed by atoms with Crippen molar-refractivity contribution in [1.82, 2.24) is 0 Å². The molecule has 0 saturated carbocycles. The van der Waals surface area contributed by atoms with Gasteiger partial charge in [0.15, 0.2) is 0 Å². The first-order valence-electron chi connectivity index (χ1n) is 5.18. The second kappa shape index (κ2) is 5.01. The van der Waals surface area contributed by atoms with Crippen molar-refractivity contribution in [2.24, 2.45) is 10.7 Å². The van der Waals surface area contributed by atoms with E-state index in [-0.39, 0.29) is 17.4 Å². The number of aliphatic imine (C=N–C) groups is 1. The molecule has 2 aromatic rings. The van der Waals surface area contributed by atoms with Crippen LogP contribution in [0.1, 0.15) is 0 Å². The number of rotatable bonds is 3. The van der Waals surface area contributed by atoms with Gasteiger partial charge >= 0.3 is 0 Å². The Kier molecular flexibility index (Phi) is 3.43. The average molecular weight is 264 g/mol. The van der Waals surface area contributed by atoms with Crippen molar-refractivity contribution in [3.63, 3.8) is 0 Å². The van der Waals surface area contributed by atoms with Crippen LogP contribution in [0.3, 0.4) is 0 Å². The summed E-state index contributed by atoms with van der Waals surface area (Å²) >= 11 is 5.57. The summed E-state index contributed by atoms with van der Waals surface area (Å²) in [5.74, 6) is 0.390. The zero-order valence-electron chi connectivity index (χ0n) is 9.34. The number of hydrogen-bond donors (Lipinski definition) is 1. The summed E-state index contributed by atoms with van der Waals surface area (Å²) in [6.45, 7) is 0. The Bertz CT molecular complexity index is 640. The van der Waals surface area contributed by atoms with Crippen molar-refractivity contribution in [3.8, 4) is 0 Å². The average Bonchev–Trinajstić information content (AvgIpc) is 2.38. The van der Waals surface area contributed by atoms with E-state index in [1.165, 1.54) is 6.07 Å². The Balaban J connectivity index is 2.71. The smallest absolute Gasteiger partial charge is 0.277 e. The number of fused-ring (bicyclic) bond motifs is 1. The third kappa shape index (κ3) is 2.26. The molecule has 2 aromatic carbocycles. The molecule has 0 amide bonds. The summed E-state index contributed by atoms with van der Waals surface area (Å²) in [6, 6.07) is 9.98. The van der Waals surface area contributed by atoms with Gasteiger partial charge in [0.2, 0.25) is 0 Å². The van der Waals surface area contributed by atoms with E-state index in [9.17, 15) is 10.1 Å². The maximum Gasteiger partial charge on any atom is 0.277 e. The number of halogens is 1. The third-order valence-electron chi connectivity index (χ3n) is 2.47. The highest BCUT2D eigenvalue weighted by Gasteiger charge is 2.12. The van der Waals surface area contributed by atoms with Crippen LogP contribution < -0.4 is 5.73 Å². The first-order valence-corrected chi connectivity index (χ1v) is 5.72. The number of non-ortho nitro benzene ring substituents is 1. The predicted molar refractivity (Wildman–Crippen MR) is 72.6 cm³/mol. The number of nitro groups is 1. The molecule has 6 heteroatoms. The second-order valence-corrected chi connectivity index (χ2v) is 3.91. The van der Waals surface area contributed by atoms with E-state index in [2.05, 4.69) is 4.99 Å². The van der Waals surface area contributed by atoms with Gasteiger partial charge < -0.3 is 5.73 Å². The van der Waals surface area contributed by atoms with E-state index in [0.29, 0.717) is 16.5 Å². The standard InChI is InChI=1S/C12H10ClN3O2/c13-7-12(14)15-10-5-1-4-9-8(10)3-2-6-11(9)16(17)18/h1-6H,7H2,(H2,14,15). The molecule has 2 N–H and O–H groups in total. The molecular formula is C12H10ClN3O2. The minimum Gasteiger partial charge on any atom is -0.386 e. The quantitative estimate of drug-likeness (QED) is 0.304. The molecule has 0 aromatic heterocycles. The SMILES string of the molecule is NC(CCl)=Nc1cccc2c([N+](=O)[O-])cccc12. The molecule has 0 unspecified atom stereocenters. The van der Waals surface area contributed by atoms with Gasteiger partial charge in [-0.15, -0.1) is 11.6 Å². The van der Waals surface area contributed by atoms with Gasteiger partial charge in [-0.3, -0.25) is 10.1 Å². The first-order chi connectivity index (χ1) is 8.63. The molecule has 0 heterocycles. The van der Waals surface area contributed by atoms with Crippen LogP contribution in [0.5, 0.6) is 0 Å². The van der Waals surface area contributed by atoms with Gasteiger partial charge in [-0.05, 0) is 12.1 Å². The van der Waals surface area contributed by atoms with Crippen molar-refractivity contribution in [2.45, 2.75) is 0 Å². The molecule has 0 bridgehead atoms. The summed E-state index contributed by atoms with van der Waals surface area (Å²) in [4.78, 5) is 14.7. The number of amidine groups is 1. The Labute approximate surface area is 108 Å². The Morgan fingerprint density at radius 1 is 1.28 bits per heavy atom. The summed E-state index contributed by atoms with van der Waals surface area (Å²) in [7, 11) is 0. The fraction of sp³-hybridized carbons (Fsp3) is 0.0833. The zero-order valence-corrected chi connectivity index (χ0v) is 10.1. The summed E-state index contributed by atoms with van der Waals surface area (Å²) < 4.78 is 0. The Morgan fingerprint density at radius 3 is 2.61 bits per heavy atom. The monoisotopic (exact) mass is 263 g/mol. The predicted octanol–water partition coefficient (Wildman–Crippen LogP) is 2.98. The number of benzene rings is 2. The molecule has 0 fully saturated rings. The third-order valence-corrected chi connectivity index (χ3v) is 2.75. The molecule has 2 rings (SSSR count). The zero-order chi connectivity index (χ0) is 13.1. The van der Waals surface area contributed by atoms with Crippen molar-refractivity contribution in [2.75, 3.05) is 5.88 Å². The molecule has 18 heavy (non-hydrogen) atoms.